The molecule has 0 saturated carbocycles. The average molecular weight is 1700 g/mol. The molecular formula is C96H93BrLiN15O10. The van der Waals surface area contributed by atoms with Crippen LogP contribution in [0.2, 0.25) is 0 Å². The van der Waals surface area contributed by atoms with Crippen LogP contribution in [0.4, 0.5) is 26.7 Å². The molecule has 0 radical (unpaired) electrons. The number of aromatic nitrogens is 7. The van der Waals surface area contributed by atoms with Crippen molar-refractivity contribution in [2.24, 2.45) is 9.98 Å². The van der Waals surface area contributed by atoms with E-state index >= 15 is 0 Å². The third-order valence-electron chi connectivity index (χ3n) is 18.2. The largest absolute Gasteiger partial charge is 1.00 e. The summed E-state index contributed by atoms with van der Waals surface area (Å²) in [6.45, 7) is 15.4. The molecule has 8 aromatic carbocycles. The maximum absolute atomic E-state index is 13.1. The van der Waals surface area contributed by atoms with Gasteiger partial charge in [-0.2, -0.15) is 11.7 Å². The van der Waals surface area contributed by atoms with Crippen molar-refractivity contribution in [2.45, 2.75) is 105 Å². The number of anilines is 3. The number of aryl methyl sites for hydroxylation is 4. The fourth-order valence-corrected chi connectivity index (χ4v) is 11.8. The maximum Gasteiger partial charge on any atom is 1.00 e. The van der Waals surface area contributed by atoms with Crippen LogP contribution in [0, 0.1) is 45.9 Å². The summed E-state index contributed by atoms with van der Waals surface area (Å²) in [5, 5.41) is 21.6. The molecule has 2 aliphatic heterocycles. The third-order valence-corrected chi connectivity index (χ3v) is 18.7. The molecule has 123 heavy (non-hydrogen) atoms. The van der Waals surface area contributed by atoms with E-state index in [-0.39, 0.29) is 74.8 Å². The fraction of sp³-hybridized carbons (Fsp3) is 0.177. The molecule has 5 aromatic heterocycles. The van der Waals surface area contributed by atoms with Crippen LogP contribution in [0.25, 0.3) is 11.0 Å². The van der Waals surface area contributed by atoms with E-state index in [1.165, 1.54) is 28.5 Å². The summed E-state index contributed by atoms with van der Waals surface area (Å²) in [6.07, 6.45) is 5.77. The van der Waals surface area contributed by atoms with Gasteiger partial charge in [0.2, 0.25) is 11.9 Å². The Morgan fingerprint density at radius 2 is 1.02 bits per heavy atom. The summed E-state index contributed by atoms with van der Waals surface area (Å²) in [4.78, 5) is 115. The van der Waals surface area contributed by atoms with E-state index in [2.05, 4.69) is 80.6 Å². The number of hydrogen-bond donors (Lipinski definition) is 4. The van der Waals surface area contributed by atoms with Crippen molar-refractivity contribution in [3.63, 3.8) is 0 Å². The first-order valence-corrected chi connectivity index (χ1v) is 39.7. The van der Waals surface area contributed by atoms with Gasteiger partial charge >= 0.3 is 37.0 Å². The molecular weight excluding hydrogens is 1610 g/mol. The molecule has 3 atom stereocenters. The topological polar surface area (TPSA) is 357 Å². The van der Waals surface area contributed by atoms with Gasteiger partial charge in [0.15, 0.2) is 17.7 Å². The Bertz CT molecular complexity index is 5740. The van der Waals surface area contributed by atoms with Crippen LogP contribution in [-0.4, -0.2) is 107 Å². The fourth-order valence-electron chi connectivity index (χ4n) is 11.5. The van der Waals surface area contributed by atoms with E-state index in [1.807, 2.05) is 246 Å². The maximum atomic E-state index is 13.1. The minimum absolute atomic E-state index is 0. The predicted molar refractivity (Wildman–Crippen MR) is 475 cm³/mol. The smallest absolute Gasteiger partial charge is 0.461 e. The zero-order valence-electron chi connectivity index (χ0n) is 69.6. The van der Waals surface area contributed by atoms with Crippen LogP contribution in [-0.2, 0) is 59.6 Å². The number of nitrogen functional groups attached to an aromatic ring is 2. The van der Waals surface area contributed by atoms with Gasteiger partial charge in [-0.05, 0) is 162 Å². The Kier molecular flexibility index (Phi) is 37.3. The molecule has 7 heterocycles. The predicted octanol–water partition coefficient (Wildman–Crippen LogP) is 13.9. The number of nitrogens with two attached hydrogens (primary N) is 2. The van der Waals surface area contributed by atoms with E-state index in [9.17, 15) is 33.6 Å². The number of para-hydroxylation sites is 4. The van der Waals surface area contributed by atoms with Crippen molar-refractivity contribution in [3.8, 4) is 6.07 Å². The van der Waals surface area contributed by atoms with Crippen LogP contribution in [0.3, 0.4) is 0 Å². The zero-order chi connectivity index (χ0) is 87.3. The minimum atomic E-state index is -1.14. The molecule has 0 bridgehead atoms. The van der Waals surface area contributed by atoms with E-state index in [0.717, 1.165) is 61.1 Å². The standard InChI is InChI=1S/C24H22N4O3.C24H21N3O3.C18H17N3O3.C13H12N2O.C7H6N2.C6H6BrN.C4H9.Li/c1-16-12-13-19(25-14-16)21-18-10-6-7-11-20(18)28(2)23(29)22(26-21)27-24(30)31-15-17-8-4-3-5-9-17;1-16-11-12-20(25-14-16)22-19-10-6-5-9-18(19)13-21(28)23(26-22)27-24(29)30-15-17-7-3-2-4-8-17;1-13(22)17(21-16-10-6-5-9-15(16)19-20-21)11-18(23)24-12-14-7-3-2-4-8-14;1-9-6-7-12(15-8-9)13(16)10-4-2-3-5-11(10)14;8-5-6-3-1-2-4-7(6)9;1-5-2-3-6(7)8-4-5;1-3-4-2;/h3-14,22H,15H2,1-2H3,(H,27,30);2-12,14,23H,13,15H2,1H3,(H,27,29);2-10,17H,11-12H2,1H3;2-8H,14H2,1H3;1-4H,9H2;2-4H,1H3;1,3-4H2,2H3;/q;;;;;;-1;+1. The van der Waals surface area contributed by atoms with Crippen molar-refractivity contribution >= 4 is 96.9 Å². The van der Waals surface area contributed by atoms with Crippen molar-refractivity contribution in [2.75, 3.05) is 23.4 Å². The molecule has 0 spiro atoms. The van der Waals surface area contributed by atoms with Crippen LogP contribution in [0.15, 0.2) is 300 Å². The molecule has 27 heteroatoms. The van der Waals surface area contributed by atoms with Crippen LogP contribution >= 0.6 is 15.9 Å². The molecule has 0 aliphatic carbocycles. The number of esters is 1. The number of amides is 3. The molecule has 2 aliphatic rings. The van der Waals surface area contributed by atoms with Gasteiger partial charge in [-0.1, -0.05) is 213 Å². The van der Waals surface area contributed by atoms with E-state index < -0.39 is 36.5 Å². The van der Waals surface area contributed by atoms with Gasteiger partial charge in [0, 0.05) is 66.3 Å². The minimum Gasteiger partial charge on any atom is -0.461 e. The number of nitrogens with zero attached hydrogens (tertiary/aromatic N) is 11. The number of pyridine rings is 4. The Morgan fingerprint density at radius 1 is 0.553 bits per heavy atom. The number of benzene rings is 8. The summed E-state index contributed by atoms with van der Waals surface area (Å²) in [7, 11) is 1.66. The second kappa shape index (κ2) is 48.7. The summed E-state index contributed by atoms with van der Waals surface area (Å²) < 4.78 is 18.2. The Labute approximate surface area is 735 Å². The molecule has 0 saturated heterocycles. The number of ether oxygens (including phenoxy) is 3. The molecule has 6 N–H and O–H groups in total. The van der Waals surface area contributed by atoms with Gasteiger partial charge < -0.3 is 37.5 Å². The summed E-state index contributed by atoms with van der Waals surface area (Å²) in [6, 6.07) is 80.8. The Hall–Kier alpha value is -14.2. The Balaban J connectivity index is 0.000000191. The number of fused-ring (bicyclic) bond motifs is 3. The molecule has 15 rings (SSSR count). The van der Waals surface area contributed by atoms with Crippen molar-refractivity contribution < 1.29 is 66.6 Å². The summed E-state index contributed by atoms with van der Waals surface area (Å²) >= 11 is 3.23. The third kappa shape index (κ3) is 29.0. The van der Waals surface area contributed by atoms with Crippen LogP contribution in [0.5, 0.6) is 0 Å². The number of carbonyl (C=O) groups is 7. The second-order valence-electron chi connectivity index (χ2n) is 27.7. The van der Waals surface area contributed by atoms with Gasteiger partial charge in [0.05, 0.1) is 46.0 Å². The first kappa shape index (κ1) is 94.2. The molecule has 25 nitrogen and oxygen atoms in total. The number of rotatable bonds is 17. The first-order chi connectivity index (χ1) is 59.0. The van der Waals surface area contributed by atoms with Crippen molar-refractivity contribution in [1.82, 2.24) is 45.6 Å². The van der Waals surface area contributed by atoms with Crippen molar-refractivity contribution in [3.05, 3.63) is 381 Å². The van der Waals surface area contributed by atoms with Gasteiger partial charge in [0.25, 0.3) is 5.91 Å². The van der Waals surface area contributed by atoms with Gasteiger partial charge in [-0.25, -0.2) is 29.2 Å². The zero-order valence-corrected chi connectivity index (χ0v) is 71.1. The number of ketones is 3. The van der Waals surface area contributed by atoms with Crippen LogP contribution < -0.4 is 45.9 Å². The molecule has 3 unspecified atom stereocenters. The SMILES string of the molecule is CC(=O)C(CC(=O)OCc1ccccc1)n1nnc2ccccc21.Cc1ccc(Br)nc1.Cc1ccc(C(=O)c2ccccc2N)nc1.Cc1ccc(C2=NC(NC(=O)OCc3ccccc3)C(=O)Cc3ccccc32)nc1.Cc1ccc(C2=NC(NC(=O)OCc3ccccc3)C(=O)N(C)c3ccccc32)nc1.N#Cc1ccccc1N.[CH2-]CCC.[Li+]. The van der Waals surface area contributed by atoms with Gasteiger partial charge in [-0.3, -0.25) is 49.6 Å². The number of alkyl carbamates (subject to hydrolysis) is 2. The van der Waals surface area contributed by atoms with E-state index in [1.54, 1.807) is 80.2 Å². The summed E-state index contributed by atoms with van der Waals surface area (Å²) in [5.74, 6) is -1.33. The number of Topliss-reactive ketones (excluding diaryl/α,β-unsaturated/α-hetero) is 2. The summed E-state index contributed by atoms with van der Waals surface area (Å²) in [5.41, 5.74) is 27.4. The number of likely N-dealkylation sites (N-methyl/N-ethyl adjacent to an activating group) is 1. The molecule has 0 fully saturated rings. The number of aliphatic imine (C=N–C) groups is 2. The monoisotopic (exact) mass is 1700 g/mol. The number of hydrogen-bond acceptors (Lipinski definition) is 21. The molecule has 13 aromatic rings. The average Bonchev–Trinajstić information content (AvgIpc) is 1.78. The number of nitriles is 1. The quantitative estimate of drug-likeness (QED) is 0.0125. The number of benzodiazepines with no additional fused rings is 1. The van der Waals surface area contributed by atoms with Gasteiger partial charge in [0.1, 0.15) is 47.7 Å². The first-order valence-electron chi connectivity index (χ1n) is 38.9. The number of nitrogens with one attached hydrogen (secondary N) is 2. The number of carbonyl (C=O) groups excluding carboxylic acids is 7. The Morgan fingerprint density at radius 3 is 1.52 bits per heavy atom. The number of halogens is 1. The molecule has 620 valence electrons. The normalized spacial score (nSPS) is 12.8. The van der Waals surface area contributed by atoms with Gasteiger partial charge in [-0.15, -0.1) is 5.10 Å². The van der Waals surface area contributed by atoms with Crippen LogP contribution in [0.1, 0.15) is 128 Å². The van der Waals surface area contributed by atoms with E-state index in [4.69, 9.17) is 30.9 Å². The van der Waals surface area contributed by atoms with E-state index in [0.29, 0.717) is 67.7 Å². The second-order valence-corrected chi connectivity index (χ2v) is 28.5. The molecule has 3 amide bonds. The van der Waals surface area contributed by atoms with Crippen molar-refractivity contribution in [1.29, 1.82) is 5.26 Å². The number of unbranched alkanes of at least 4 members (excludes halogenated alkanes) is 1.